The first-order valence-electron chi connectivity index (χ1n) is 10.2. The van der Waals surface area contributed by atoms with Crippen LogP contribution >= 0.6 is 11.3 Å². The van der Waals surface area contributed by atoms with Crippen LogP contribution in [0, 0.1) is 33.1 Å². The molecule has 1 aromatic carbocycles. The number of methoxy groups -OCH3 is 1. The molecule has 1 aliphatic carbocycles. The van der Waals surface area contributed by atoms with Gasteiger partial charge in [0.1, 0.15) is 10.6 Å². The van der Waals surface area contributed by atoms with E-state index >= 15 is 0 Å². The van der Waals surface area contributed by atoms with Crippen molar-refractivity contribution in [2.24, 2.45) is 5.92 Å². The topological polar surface area (TPSA) is 168 Å². The minimum atomic E-state index is -1.14. The summed E-state index contributed by atoms with van der Waals surface area (Å²) in [4.78, 5) is 58.8. The van der Waals surface area contributed by atoms with Gasteiger partial charge in [0.25, 0.3) is 17.3 Å². The van der Waals surface area contributed by atoms with Gasteiger partial charge >= 0.3 is 11.9 Å². The van der Waals surface area contributed by atoms with Crippen molar-refractivity contribution >= 4 is 45.6 Å². The fourth-order valence-electron chi connectivity index (χ4n) is 3.72. The van der Waals surface area contributed by atoms with E-state index in [0.717, 1.165) is 35.4 Å². The predicted molar refractivity (Wildman–Crippen MR) is 120 cm³/mol. The number of rotatable bonds is 7. The highest BCUT2D eigenvalue weighted by atomic mass is 32.1. The number of hydrogen-bond donors (Lipinski definition) is 1. The lowest BCUT2D eigenvalue weighted by molar-refractivity contribution is -0.395. The number of nitro benzene ring substituents is 2. The van der Waals surface area contributed by atoms with E-state index in [1.807, 2.05) is 0 Å². The fourth-order valence-corrected chi connectivity index (χ4v) is 5.13. The number of hydrogen-bond acceptors (Lipinski definition) is 10. The molecule has 1 unspecified atom stereocenters. The van der Waals surface area contributed by atoms with Crippen molar-refractivity contribution in [1.29, 1.82) is 0 Å². The molecule has 34 heavy (non-hydrogen) atoms. The Morgan fingerprint density at radius 2 is 1.76 bits per heavy atom. The molecule has 0 spiro atoms. The number of fused-ring (bicyclic) bond motifs is 1. The number of carbonyl (C=O) groups is 3. The number of nitrogens with zero attached hydrogens (tertiary/aromatic N) is 2. The second-order valence-electron chi connectivity index (χ2n) is 7.83. The van der Waals surface area contributed by atoms with Gasteiger partial charge in [-0.1, -0.05) is 6.92 Å². The van der Waals surface area contributed by atoms with Crippen LogP contribution in [0.15, 0.2) is 12.1 Å². The zero-order valence-electron chi connectivity index (χ0n) is 18.5. The Hall–Kier alpha value is -3.87. The summed E-state index contributed by atoms with van der Waals surface area (Å²) in [7, 11) is 1.24. The number of amides is 1. The number of anilines is 1. The molecule has 1 aliphatic rings. The van der Waals surface area contributed by atoms with Crippen molar-refractivity contribution in [1.82, 2.24) is 0 Å². The molecule has 2 aromatic rings. The molecule has 1 heterocycles. The van der Waals surface area contributed by atoms with Crippen LogP contribution < -0.4 is 5.32 Å². The summed E-state index contributed by atoms with van der Waals surface area (Å²) in [6, 6.07) is 1.71. The summed E-state index contributed by atoms with van der Waals surface area (Å²) in [5.41, 5.74) is -0.776. The maximum atomic E-state index is 12.4. The lowest BCUT2D eigenvalue weighted by Gasteiger charge is -2.18. The third kappa shape index (κ3) is 5.03. The Kier molecular flexibility index (Phi) is 7.25. The standard InChI is InChI=1S/C21H21N3O9S/c1-10-4-5-13-16(6-10)34-19(18(13)21(27)32-3)22-17(25)9-33-20(26)12-7-14(23(28)29)11(2)15(8-12)24(30)31/h7-8,10H,4-6,9H2,1-3H3,(H,22,25). The second kappa shape index (κ2) is 9.95. The number of nitrogens with one attached hydrogen (secondary N) is 1. The van der Waals surface area contributed by atoms with Crippen molar-refractivity contribution in [2.45, 2.75) is 33.1 Å². The normalized spacial score (nSPS) is 14.6. The molecule has 0 aliphatic heterocycles. The predicted octanol–water partition coefficient (Wildman–Crippen LogP) is 3.58. The molecule has 0 saturated heterocycles. The number of ether oxygens (including phenoxy) is 2. The second-order valence-corrected chi connectivity index (χ2v) is 8.93. The molecular weight excluding hydrogens is 470 g/mol. The molecule has 1 atom stereocenters. The van der Waals surface area contributed by atoms with Gasteiger partial charge in [-0.2, -0.15) is 0 Å². The first kappa shape index (κ1) is 24.8. The average molecular weight is 491 g/mol. The average Bonchev–Trinajstić information content (AvgIpc) is 3.13. The monoisotopic (exact) mass is 491 g/mol. The van der Waals surface area contributed by atoms with E-state index in [4.69, 9.17) is 9.47 Å². The third-order valence-electron chi connectivity index (χ3n) is 5.47. The lowest BCUT2D eigenvalue weighted by atomic mass is 9.88. The van der Waals surface area contributed by atoms with Gasteiger partial charge in [0.05, 0.1) is 28.1 Å². The number of nitro groups is 2. The minimum Gasteiger partial charge on any atom is -0.465 e. The van der Waals surface area contributed by atoms with Gasteiger partial charge in [-0.3, -0.25) is 25.0 Å². The molecule has 0 fully saturated rings. The molecular formula is C21H21N3O9S. The first-order valence-corrected chi connectivity index (χ1v) is 11.0. The molecule has 0 bridgehead atoms. The molecule has 12 nitrogen and oxygen atoms in total. The Balaban J connectivity index is 1.76. The van der Waals surface area contributed by atoms with Gasteiger partial charge in [-0.25, -0.2) is 9.59 Å². The highest BCUT2D eigenvalue weighted by molar-refractivity contribution is 7.17. The number of benzene rings is 1. The van der Waals surface area contributed by atoms with E-state index in [9.17, 15) is 34.6 Å². The van der Waals surface area contributed by atoms with Crippen LogP contribution in [0.25, 0.3) is 0 Å². The molecule has 0 radical (unpaired) electrons. The van der Waals surface area contributed by atoms with Crippen LogP contribution in [-0.4, -0.2) is 41.4 Å². The van der Waals surface area contributed by atoms with Crippen LogP contribution in [0.5, 0.6) is 0 Å². The summed E-state index contributed by atoms with van der Waals surface area (Å²) < 4.78 is 9.77. The smallest absolute Gasteiger partial charge is 0.341 e. The van der Waals surface area contributed by atoms with Gasteiger partial charge in [-0.15, -0.1) is 11.3 Å². The zero-order chi connectivity index (χ0) is 25.2. The van der Waals surface area contributed by atoms with Gasteiger partial charge in [0.15, 0.2) is 6.61 Å². The largest absolute Gasteiger partial charge is 0.465 e. The molecule has 3 rings (SSSR count). The van der Waals surface area contributed by atoms with Crippen LogP contribution in [-0.2, 0) is 27.1 Å². The van der Waals surface area contributed by atoms with Crippen molar-refractivity contribution in [3.63, 3.8) is 0 Å². The highest BCUT2D eigenvalue weighted by Gasteiger charge is 2.30. The minimum absolute atomic E-state index is 0.212. The summed E-state index contributed by atoms with van der Waals surface area (Å²) in [5, 5.41) is 25.2. The Morgan fingerprint density at radius 1 is 1.15 bits per heavy atom. The lowest BCUT2D eigenvalue weighted by Crippen LogP contribution is -2.22. The Bertz CT molecular complexity index is 1170. The van der Waals surface area contributed by atoms with Crippen LogP contribution in [0.4, 0.5) is 16.4 Å². The van der Waals surface area contributed by atoms with Crippen molar-refractivity contribution in [3.8, 4) is 0 Å². The fraction of sp³-hybridized carbons (Fsp3) is 0.381. The van der Waals surface area contributed by atoms with Gasteiger partial charge in [-0.05, 0) is 37.7 Å². The van der Waals surface area contributed by atoms with E-state index in [0.29, 0.717) is 12.3 Å². The highest BCUT2D eigenvalue weighted by Crippen LogP contribution is 2.40. The van der Waals surface area contributed by atoms with E-state index in [-0.39, 0.29) is 16.1 Å². The van der Waals surface area contributed by atoms with Gasteiger partial charge in [0, 0.05) is 17.0 Å². The molecule has 1 amide bonds. The van der Waals surface area contributed by atoms with Crippen LogP contribution in [0.2, 0.25) is 0 Å². The van der Waals surface area contributed by atoms with Crippen molar-refractivity contribution < 1.29 is 33.7 Å². The summed E-state index contributed by atoms with van der Waals surface area (Å²) in [6.07, 6.45) is 2.33. The van der Waals surface area contributed by atoms with Gasteiger partial charge < -0.3 is 14.8 Å². The summed E-state index contributed by atoms with van der Waals surface area (Å²) in [5.74, 6) is -2.04. The van der Waals surface area contributed by atoms with E-state index in [1.54, 1.807) is 0 Å². The van der Waals surface area contributed by atoms with Crippen molar-refractivity contribution in [2.75, 3.05) is 19.0 Å². The van der Waals surface area contributed by atoms with Crippen molar-refractivity contribution in [3.05, 3.63) is 59.5 Å². The summed E-state index contributed by atoms with van der Waals surface area (Å²) >= 11 is 1.26. The quantitative estimate of drug-likeness (QED) is 0.346. The van der Waals surface area contributed by atoms with Crippen LogP contribution in [0.3, 0.4) is 0 Å². The van der Waals surface area contributed by atoms with Crippen LogP contribution in [0.1, 0.15) is 50.1 Å². The number of carbonyl (C=O) groups excluding carboxylic acids is 3. The molecule has 0 saturated carbocycles. The first-order chi connectivity index (χ1) is 16.0. The number of thiophene rings is 1. The Labute approximate surface area is 197 Å². The number of esters is 2. The van der Waals surface area contributed by atoms with E-state index in [1.165, 1.54) is 25.4 Å². The van der Waals surface area contributed by atoms with E-state index in [2.05, 4.69) is 12.2 Å². The SMILES string of the molecule is COC(=O)c1c(NC(=O)COC(=O)c2cc([N+](=O)[O-])c(C)c([N+](=O)[O-])c2)sc2c1CCC(C)C2. The molecule has 1 aromatic heterocycles. The maximum Gasteiger partial charge on any atom is 0.341 e. The Morgan fingerprint density at radius 3 is 2.32 bits per heavy atom. The maximum absolute atomic E-state index is 12.4. The molecule has 1 N–H and O–H groups in total. The zero-order valence-corrected chi connectivity index (χ0v) is 19.4. The van der Waals surface area contributed by atoms with E-state index < -0.39 is 51.2 Å². The van der Waals surface area contributed by atoms with Gasteiger partial charge in [0.2, 0.25) is 0 Å². The molecule has 13 heteroatoms. The third-order valence-corrected chi connectivity index (χ3v) is 6.64. The summed E-state index contributed by atoms with van der Waals surface area (Å²) in [6.45, 7) is 2.52. The molecule has 180 valence electrons.